The summed E-state index contributed by atoms with van der Waals surface area (Å²) in [6.45, 7) is 4.78. The average Bonchev–Trinajstić information content (AvgIpc) is 3.36. The second-order valence-corrected chi connectivity index (χ2v) is 10.3. The highest BCUT2D eigenvalue weighted by Gasteiger charge is 2.50. The molecule has 8 nitrogen and oxygen atoms in total. The summed E-state index contributed by atoms with van der Waals surface area (Å²) >= 11 is 0. The lowest BCUT2D eigenvalue weighted by Gasteiger charge is -2.29. The lowest BCUT2D eigenvalue weighted by molar-refractivity contribution is -0.125. The van der Waals surface area contributed by atoms with Crippen LogP contribution in [0.2, 0.25) is 0 Å². The summed E-state index contributed by atoms with van der Waals surface area (Å²) in [6.07, 6.45) is 2.82. The molecule has 1 atom stereocenters. The summed E-state index contributed by atoms with van der Waals surface area (Å²) in [5.41, 5.74) is 15.6. The number of fused-ring (bicyclic) bond motifs is 1. The van der Waals surface area contributed by atoms with Gasteiger partial charge in [0.1, 0.15) is 0 Å². The molecule has 2 amide bonds. The van der Waals surface area contributed by atoms with Crippen molar-refractivity contribution in [2.24, 2.45) is 5.73 Å². The van der Waals surface area contributed by atoms with Crippen molar-refractivity contribution in [2.45, 2.75) is 45.7 Å². The van der Waals surface area contributed by atoms with E-state index >= 15 is 0 Å². The molecule has 2 aromatic rings. The normalized spacial score (nSPS) is 16.1. The van der Waals surface area contributed by atoms with Gasteiger partial charge in [-0.25, -0.2) is 10.4 Å². The molecule has 0 aliphatic carbocycles. The number of carbonyl (C=O) groups is 2. The highest BCUT2D eigenvalue weighted by molar-refractivity contribution is 6.30. The van der Waals surface area contributed by atoms with Crippen LogP contribution >= 0.6 is 0 Å². The number of unbranched alkanes of at least 4 members (excludes halogenated alkanes) is 1. The molecule has 2 heterocycles. The molecule has 0 aromatic heterocycles. The molecule has 0 radical (unpaired) electrons. The van der Waals surface area contributed by atoms with E-state index in [0.29, 0.717) is 35.5 Å². The summed E-state index contributed by atoms with van der Waals surface area (Å²) in [4.78, 5) is 33.9. The minimum Gasteiger partial charge on any atom is -0.378 e. The first kappa shape index (κ1) is 27.4. The Morgan fingerprint density at radius 1 is 0.763 bits per heavy atom. The molecule has 4 rings (SSSR count). The van der Waals surface area contributed by atoms with E-state index in [0.717, 1.165) is 41.8 Å². The van der Waals surface area contributed by atoms with Gasteiger partial charge in [-0.05, 0) is 42.7 Å². The van der Waals surface area contributed by atoms with Crippen LogP contribution in [0.25, 0.3) is 11.4 Å². The Hall–Kier alpha value is -3.62. The summed E-state index contributed by atoms with van der Waals surface area (Å²) in [5.74, 6) is -0.457. The zero-order chi connectivity index (χ0) is 27.6. The number of carbonyl (C=O) groups excluding carboxylic acids is 2. The maximum Gasteiger partial charge on any atom is 0.275 e. The van der Waals surface area contributed by atoms with Crippen LogP contribution in [0.5, 0.6) is 0 Å². The van der Waals surface area contributed by atoms with E-state index in [1.807, 2.05) is 93.4 Å². The van der Waals surface area contributed by atoms with Gasteiger partial charge < -0.3 is 15.5 Å². The molecule has 0 saturated carbocycles. The third kappa shape index (κ3) is 4.93. The van der Waals surface area contributed by atoms with Crippen molar-refractivity contribution in [3.05, 3.63) is 70.8 Å². The van der Waals surface area contributed by atoms with Crippen LogP contribution in [0.15, 0.2) is 59.7 Å². The van der Waals surface area contributed by atoms with Crippen molar-refractivity contribution < 1.29 is 9.59 Å². The number of hydrogen-bond acceptors (Lipinski definition) is 6. The third-order valence-corrected chi connectivity index (χ3v) is 7.07. The number of hydrogen-bond donors (Lipinski definition) is 2. The molecule has 2 aromatic carbocycles. The second-order valence-electron chi connectivity index (χ2n) is 10.3. The van der Waals surface area contributed by atoms with Crippen molar-refractivity contribution in [1.82, 2.24) is 15.3 Å². The standard InChI is InChI=1S/C30H40N6O2/c1-7-9-19-32-36-28(21-13-17-23(18-14-21)34(5)6)26-25(30(36)38)27(35(29(26)37)24(31)10-8-2)20-11-15-22(16-12-20)33(3)4/h11-18,24,32H,7-10,19,31H2,1-6H3. The maximum atomic E-state index is 14.2. The number of rotatable bonds is 11. The van der Waals surface area contributed by atoms with Crippen molar-refractivity contribution in [2.75, 3.05) is 44.5 Å². The summed E-state index contributed by atoms with van der Waals surface area (Å²) in [6, 6.07) is 15.9. The van der Waals surface area contributed by atoms with Crippen molar-refractivity contribution in [3.8, 4) is 0 Å². The fourth-order valence-corrected chi connectivity index (χ4v) is 4.97. The predicted octanol–water partition coefficient (Wildman–Crippen LogP) is 4.02. The topological polar surface area (TPSA) is 85.1 Å². The van der Waals surface area contributed by atoms with E-state index in [1.54, 1.807) is 9.91 Å². The van der Waals surface area contributed by atoms with Crippen LogP contribution in [0.1, 0.15) is 50.7 Å². The summed E-state index contributed by atoms with van der Waals surface area (Å²) in [7, 11) is 7.93. The van der Waals surface area contributed by atoms with Gasteiger partial charge in [-0.15, -0.1) is 0 Å². The first-order valence-electron chi connectivity index (χ1n) is 13.4. The van der Waals surface area contributed by atoms with Crippen LogP contribution in [-0.4, -0.2) is 62.6 Å². The Morgan fingerprint density at radius 3 is 1.74 bits per heavy atom. The largest absolute Gasteiger partial charge is 0.378 e. The zero-order valence-electron chi connectivity index (χ0n) is 23.4. The number of nitrogens with zero attached hydrogens (tertiary/aromatic N) is 4. The number of anilines is 2. The molecule has 38 heavy (non-hydrogen) atoms. The monoisotopic (exact) mass is 516 g/mol. The number of nitrogens with two attached hydrogens (primary N) is 1. The quantitative estimate of drug-likeness (QED) is 0.439. The van der Waals surface area contributed by atoms with Crippen molar-refractivity contribution in [1.29, 1.82) is 0 Å². The van der Waals surface area contributed by atoms with E-state index in [9.17, 15) is 9.59 Å². The molecule has 0 saturated heterocycles. The molecule has 3 N–H and O–H groups in total. The number of nitrogens with one attached hydrogen (secondary N) is 1. The summed E-state index contributed by atoms with van der Waals surface area (Å²) < 4.78 is 0. The Bertz CT molecular complexity index is 1240. The predicted molar refractivity (Wildman–Crippen MR) is 155 cm³/mol. The maximum absolute atomic E-state index is 14.2. The van der Waals surface area contributed by atoms with Gasteiger partial charge in [-0.3, -0.25) is 14.5 Å². The molecule has 2 aliphatic rings. The first-order chi connectivity index (χ1) is 18.2. The molecule has 1 unspecified atom stereocenters. The number of hydrazine groups is 1. The lowest BCUT2D eigenvalue weighted by atomic mass is 10.0. The van der Waals surface area contributed by atoms with Gasteiger partial charge >= 0.3 is 0 Å². The molecule has 0 fully saturated rings. The number of amides is 2. The van der Waals surface area contributed by atoms with Crippen LogP contribution in [-0.2, 0) is 9.59 Å². The van der Waals surface area contributed by atoms with Crippen LogP contribution in [0, 0.1) is 0 Å². The fourth-order valence-electron chi connectivity index (χ4n) is 4.97. The minimum absolute atomic E-state index is 0.228. The molecular formula is C30H40N6O2. The summed E-state index contributed by atoms with van der Waals surface area (Å²) in [5, 5.41) is 1.57. The van der Waals surface area contributed by atoms with E-state index in [2.05, 4.69) is 12.3 Å². The minimum atomic E-state index is -0.534. The number of benzene rings is 2. The first-order valence-corrected chi connectivity index (χ1v) is 13.4. The Labute approximate surface area is 226 Å². The smallest absolute Gasteiger partial charge is 0.275 e. The third-order valence-electron chi connectivity index (χ3n) is 7.07. The van der Waals surface area contributed by atoms with E-state index in [4.69, 9.17) is 5.73 Å². The molecule has 2 aliphatic heterocycles. The van der Waals surface area contributed by atoms with Crippen molar-refractivity contribution in [3.63, 3.8) is 0 Å². The van der Waals surface area contributed by atoms with Gasteiger partial charge in [-0.2, -0.15) is 0 Å². The molecule has 8 heteroatoms. The molecular weight excluding hydrogens is 476 g/mol. The average molecular weight is 517 g/mol. The van der Waals surface area contributed by atoms with E-state index < -0.39 is 6.17 Å². The van der Waals surface area contributed by atoms with Gasteiger partial charge in [0.25, 0.3) is 11.8 Å². The van der Waals surface area contributed by atoms with Crippen molar-refractivity contribution >= 4 is 34.6 Å². The van der Waals surface area contributed by atoms with Gasteiger partial charge in [-0.1, -0.05) is 51.0 Å². The van der Waals surface area contributed by atoms with Gasteiger partial charge in [0.2, 0.25) is 0 Å². The lowest BCUT2D eigenvalue weighted by Crippen LogP contribution is -2.44. The highest BCUT2D eigenvalue weighted by Crippen LogP contribution is 2.46. The SMILES string of the molecule is CCCCNN1C(=O)C2=C(c3ccc(N(C)C)cc3)N(C(N)CCC)C(=O)C2=C1c1ccc(N(C)C)cc1. The van der Waals surface area contributed by atoms with Crippen LogP contribution in [0.3, 0.4) is 0 Å². The van der Waals surface area contributed by atoms with Gasteiger partial charge in [0.05, 0.1) is 28.7 Å². The fraction of sp³-hybridized carbons (Fsp3) is 0.400. The molecule has 0 bridgehead atoms. The Balaban J connectivity index is 1.94. The van der Waals surface area contributed by atoms with Crippen LogP contribution in [0.4, 0.5) is 11.4 Å². The van der Waals surface area contributed by atoms with E-state index in [1.165, 1.54) is 0 Å². The second kappa shape index (κ2) is 11.4. The zero-order valence-corrected chi connectivity index (χ0v) is 23.4. The highest BCUT2D eigenvalue weighted by atomic mass is 16.2. The van der Waals surface area contributed by atoms with Gasteiger partial charge in [0.15, 0.2) is 0 Å². The van der Waals surface area contributed by atoms with E-state index in [-0.39, 0.29) is 11.8 Å². The molecule has 202 valence electrons. The molecule has 0 spiro atoms. The Morgan fingerprint density at radius 2 is 1.26 bits per heavy atom. The van der Waals surface area contributed by atoms with Crippen LogP contribution < -0.4 is 21.0 Å². The van der Waals surface area contributed by atoms with Gasteiger partial charge in [0, 0.05) is 51.7 Å². The Kier molecular flexibility index (Phi) is 8.23.